The van der Waals surface area contributed by atoms with Crippen molar-refractivity contribution in [2.24, 2.45) is 0 Å². The van der Waals surface area contributed by atoms with Crippen LogP contribution in [0.25, 0.3) is 10.8 Å². The van der Waals surface area contributed by atoms with E-state index < -0.39 is 0 Å². The molecule has 1 amide bonds. The van der Waals surface area contributed by atoms with E-state index in [0.29, 0.717) is 13.1 Å². The lowest BCUT2D eigenvalue weighted by Crippen LogP contribution is -2.34. The Morgan fingerprint density at radius 2 is 1.73 bits per heavy atom. The van der Waals surface area contributed by atoms with Crippen molar-refractivity contribution in [1.29, 1.82) is 0 Å². The minimum Gasteiger partial charge on any atom is -0.496 e. The van der Waals surface area contributed by atoms with Crippen molar-refractivity contribution in [3.63, 3.8) is 0 Å². The molecule has 0 aliphatic heterocycles. The molecule has 3 aromatic carbocycles. The molecule has 0 unspecified atom stereocenters. The molecule has 0 radical (unpaired) electrons. The van der Waals surface area contributed by atoms with Crippen molar-refractivity contribution in [2.45, 2.75) is 13.1 Å². The van der Waals surface area contributed by atoms with Crippen molar-refractivity contribution in [1.82, 2.24) is 10.2 Å². The monoisotopic (exact) mass is 348 g/mol. The molecule has 0 heterocycles. The predicted octanol–water partition coefficient (Wildman–Crippen LogP) is 3.60. The van der Waals surface area contributed by atoms with E-state index in [1.807, 2.05) is 48.3 Å². The summed E-state index contributed by atoms with van der Waals surface area (Å²) in [5.74, 6) is 0.788. The van der Waals surface area contributed by atoms with Gasteiger partial charge in [0.25, 0.3) is 0 Å². The van der Waals surface area contributed by atoms with E-state index in [0.717, 1.165) is 17.9 Å². The van der Waals surface area contributed by atoms with Crippen LogP contribution in [0.3, 0.4) is 0 Å². The summed E-state index contributed by atoms with van der Waals surface area (Å²) in [5, 5.41) is 5.41. The molecule has 0 aliphatic carbocycles. The SMILES string of the molecule is COc1ccccc1CNC(=O)CN(C)Cc1ccc2ccccc2c1. The molecule has 0 atom stereocenters. The summed E-state index contributed by atoms with van der Waals surface area (Å²) in [5.41, 5.74) is 2.17. The average Bonchev–Trinajstić information content (AvgIpc) is 2.66. The maximum absolute atomic E-state index is 12.2. The highest BCUT2D eigenvalue weighted by atomic mass is 16.5. The van der Waals surface area contributed by atoms with Crippen LogP contribution in [-0.2, 0) is 17.9 Å². The zero-order chi connectivity index (χ0) is 18.4. The lowest BCUT2D eigenvalue weighted by molar-refractivity contribution is -0.122. The number of para-hydroxylation sites is 1. The number of likely N-dealkylation sites (N-methyl/N-ethyl adjacent to an activating group) is 1. The van der Waals surface area contributed by atoms with Crippen LogP contribution < -0.4 is 10.1 Å². The molecule has 4 nitrogen and oxygen atoms in total. The van der Waals surface area contributed by atoms with Gasteiger partial charge in [-0.2, -0.15) is 0 Å². The Hall–Kier alpha value is -2.85. The van der Waals surface area contributed by atoms with Crippen molar-refractivity contribution < 1.29 is 9.53 Å². The Bertz CT molecular complexity index is 892. The smallest absolute Gasteiger partial charge is 0.234 e. The molecule has 3 rings (SSSR count). The molecule has 1 N–H and O–H groups in total. The number of fused-ring (bicyclic) bond motifs is 1. The third kappa shape index (κ3) is 4.61. The molecule has 3 aromatic rings. The summed E-state index contributed by atoms with van der Waals surface area (Å²) >= 11 is 0. The molecular formula is C22H24N2O2. The van der Waals surface area contributed by atoms with Crippen molar-refractivity contribution in [3.8, 4) is 5.75 Å². The fraction of sp³-hybridized carbons (Fsp3) is 0.227. The van der Waals surface area contributed by atoms with Crippen LogP contribution in [0.2, 0.25) is 0 Å². The summed E-state index contributed by atoms with van der Waals surface area (Å²) in [6.45, 7) is 1.54. The van der Waals surface area contributed by atoms with Gasteiger partial charge in [-0.05, 0) is 35.5 Å². The van der Waals surface area contributed by atoms with Gasteiger partial charge in [0.15, 0.2) is 0 Å². The molecule has 26 heavy (non-hydrogen) atoms. The molecule has 0 bridgehead atoms. The first-order valence-corrected chi connectivity index (χ1v) is 8.70. The van der Waals surface area contributed by atoms with E-state index in [-0.39, 0.29) is 5.91 Å². The number of nitrogens with zero attached hydrogens (tertiary/aromatic N) is 1. The van der Waals surface area contributed by atoms with Crippen molar-refractivity contribution >= 4 is 16.7 Å². The first-order chi connectivity index (χ1) is 12.7. The minimum absolute atomic E-state index is 0.000745. The zero-order valence-corrected chi connectivity index (χ0v) is 15.2. The second-order valence-electron chi connectivity index (χ2n) is 6.44. The van der Waals surface area contributed by atoms with Crippen LogP contribution in [0, 0.1) is 0 Å². The first-order valence-electron chi connectivity index (χ1n) is 8.70. The Labute approximate surface area is 154 Å². The average molecular weight is 348 g/mol. The van der Waals surface area contributed by atoms with Gasteiger partial charge in [-0.3, -0.25) is 9.69 Å². The largest absolute Gasteiger partial charge is 0.496 e. The van der Waals surface area contributed by atoms with Gasteiger partial charge in [-0.15, -0.1) is 0 Å². The third-order valence-corrected chi connectivity index (χ3v) is 4.35. The summed E-state index contributed by atoms with van der Waals surface area (Å²) < 4.78 is 5.31. The number of benzene rings is 3. The fourth-order valence-electron chi connectivity index (χ4n) is 3.05. The van der Waals surface area contributed by atoms with Gasteiger partial charge in [0.05, 0.1) is 13.7 Å². The van der Waals surface area contributed by atoms with Gasteiger partial charge in [0.2, 0.25) is 5.91 Å². The molecule has 0 aromatic heterocycles. The number of methoxy groups -OCH3 is 1. The van der Waals surface area contributed by atoms with Crippen LogP contribution in [0.15, 0.2) is 66.7 Å². The van der Waals surface area contributed by atoms with Crippen molar-refractivity contribution in [2.75, 3.05) is 20.7 Å². The molecule has 134 valence electrons. The fourth-order valence-corrected chi connectivity index (χ4v) is 3.05. The quantitative estimate of drug-likeness (QED) is 0.709. The Morgan fingerprint density at radius 3 is 2.54 bits per heavy atom. The Morgan fingerprint density at radius 1 is 1.00 bits per heavy atom. The zero-order valence-electron chi connectivity index (χ0n) is 15.2. The number of ether oxygens (including phenoxy) is 1. The van der Waals surface area contributed by atoms with Crippen LogP contribution in [0.1, 0.15) is 11.1 Å². The highest BCUT2D eigenvalue weighted by Gasteiger charge is 2.09. The number of hydrogen-bond acceptors (Lipinski definition) is 3. The van der Waals surface area contributed by atoms with E-state index >= 15 is 0 Å². The third-order valence-electron chi connectivity index (χ3n) is 4.35. The van der Waals surface area contributed by atoms with E-state index in [4.69, 9.17) is 4.74 Å². The van der Waals surface area contributed by atoms with Crippen LogP contribution in [-0.4, -0.2) is 31.5 Å². The topological polar surface area (TPSA) is 41.6 Å². The van der Waals surface area contributed by atoms with Gasteiger partial charge in [0, 0.05) is 18.7 Å². The summed E-state index contributed by atoms with van der Waals surface area (Å²) in [6.07, 6.45) is 0. The molecule has 0 saturated carbocycles. The molecule has 0 aliphatic rings. The van der Waals surface area contributed by atoms with E-state index in [9.17, 15) is 4.79 Å². The van der Waals surface area contributed by atoms with E-state index in [2.05, 4.69) is 35.6 Å². The van der Waals surface area contributed by atoms with Crippen molar-refractivity contribution in [3.05, 3.63) is 77.9 Å². The molecular weight excluding hydrogens is 324 g/mol. The summed E-state index contributed by atoms with van der Waals surface area (Å²) in [7, 11) is 3.59. The van der Waals surface area contributed by atoms with Gasteiger partial charge in [-0.1, -0.05) is 54.6 Å². The minimum atomic E-state index is -0.000745. The predicted molar refractivity (Wildman–Crippen MR) is 105 cm³/mol. The number of nitrogens with one attached hydrogen (secondary N) is 1. The number of rotatable bonds is 7. The summed E-state index contributed by atoms with van der Waals surface area (Å²) in [6, 6.07) is 22.4. The van der Waals surface area contributed by atoms with Crippen LogP contribution >= 0.6 is 0 Å². The van der Waals surface area contributed by atoms with E-state index in [1.165, 1.54) is 16.3 Å². The molecule has 4 heteroatoms. The molecule has 0 fully saturated rings. The van der Waals surface area contributed by atoms with Crippen LogP contribution in [0.4, 0.5) is 0 Å². The molecule has 0 spiro atoms. The van der Waals surface area contributed by atoms with Gasteiger partial charge in [-0.25, -0.2) is 0 Å². The van der Waals surface area contributed by atoms with Gasteiger partial charge < -0.3 is 10.1 Å². The highest BCUT2D eigenvalue weighted by molar-refractivity contribution is 5.83. The standard InChI is InChI=1S/C22H24N2O2/c1-24(15-17-11-12-18-7-3-4-8-19(18)13-17)16-22(25)23-14-20-9-5-6-10-21(20)26-2/h3-13H,14-16H2,1-2H3,(H,23,25). The maximum atomic E-state index is 12.2. The maximum Gasteiger partial charge on any atom is 0.234 e. The number of carbonyl (C=O) groups is 1. The van der Waals surface area contributed by atoms with Crippen LogP contribution in [0.5, 0.6) is 5.75 Å². The second kappa shape index (κ2) is 8.50. The van der Waals surface area contributed by atoms with Gasteiger partial charge >= 0.3 is 0 Å². The Kier molecular flexibility index (Phi) is 5.87. The summed E-state index contributed by atoms with van der Waals surface area (Å²) in [4.78, 5) is 14.3. The van der Waals surface area contributed by atoms with E-state index in [1.54, 1.807) is 7.11 Å². The second-order valence-corrected chi connectivity index (χ2v) is 6.44. The Balaban J connectivity index is 1.53. The number of carbonyl (C=O) groups excluding carboxylic acids is 1. The first kappa shape index (κ1) is 18.0. The number of amides is 1. The lowest BCUT2D eigenvalue weighted by Gasteiger charge is -2.17. The molecule has 0 saturated heterocycles. The number of hydrogen-bond donors (Lipinski definition) is 1. The van der Waals surface area contributed by atoms with Gasteiger partial charge in [0.1, 0.15) is 5.75 Å². The highest BCUT2D eigenvalue weighted by Crippen LogP contribution is 2.17. The lowest BCUT2D eigenvalue weighted by atomic mass is 10.1. The normalized spacial score (nSPS) is 10.9.